The van der Waals surface area contributed by atoms with E-state index >= 15 is 0 Å². The van der Waals surface area contributed by atoms with Gasteiger partial charge in [-0.2, -0.15) is 5.10 Å². The minimum Gasteiger partial charge on any atom is -0.489 e. The molecule has 0 N–H and O–H groups in total. The third-order valence-corrected chi connectivity index (χ3v) is 6.45. The second-order valence-electron chi connectivity index (χ2n) is 9.13. The van der Waals surface area contributed by atoms with Gasteiger partial charge in [-0.1, -0.05) is 97.1 Å². The van der Waals surface area contributed by atoms with E-state index < -0.39 is 0 Å². The van der Waals surface area contributed by atoms with Crippen molar-refractivity contribution in [1.29, 1.82) is 0 Å². The molecule has 190 valence electrons. The van der Waals surface area contributed by atoms with Crippen LogP contribution in [0.4, 0.5) is 0 Å². The summed E-state index contributed by atoms with van der Waals surface area (Å²) in [6.07, 6.45) is 1.03. The summed E-state index contributed by atoms with van der Waals surface area (Å²) >= 11 is 0. The van der Waals surface area contributed by atoms with Crippen LogP contribution in [0, 0.1) is 0 Å². The van der Waals surface area contributed by atoms with Crippen molar-refractivity contribution in [2.24, 2.45) is 0 Å². The van der Waals surface area contributed by atoms with E-state index in [0.717, 1.165) is 39.4 Å². The fourth-order valence-electron chi connectivity index (χ4n) is 4.31. The smallest absolute Gasteiger partial charge is 0.305 e. The molecule has 5 heteroatoms. The molecular formula is C33H30N2O3. The monoisotopic (exact) mass is 502 g/mol. The molecule has 0 amide bonds. The highest BCUT2D eigenvalue weighted by Crippen LogP contribution is 2.27. The first kappa shape index (κ1) is 25.0. The molecule has 0 aliphatic rings. The molecule has 0 radical (unpaired) electrons. The molecule has 0 aliphatic heterocycles. The Morgan fingerprint density at radius 2 is 1.34 bits per heavy atom. The number of nitrogens with zero attached hydrogens (tertiary/aromatic N) is 2. The molecule has 0 saturated heterocycles. The molecule has 0 bridgehead atoms. The molecule has 0 aliphatic carbocycles. The maximum absolute atomic E-state index is 11.3. The Morgan fingerprint density at radius 1 is 0.737 bits per heavy atom. The molecular weight excluding hydrogens is 472 g/mol. The summed E-state index contributed by atoms with van der Waals surface area (Å²) in [7, 11) is 1.41. The highest BCUT2D eigenvalue weighted by Gasteiger charge is 2.12. The summed E-state index contributed by atoms with van der Waals surface area (Å²) in [5, 5.41) is 4.95. The fourth-order valence-corrected chi connectivity index (χ4v) is 4.31. The van der Waals surface area contributed by atoms with Crippen LogP contribution >= 0.6 is 0 Å². The lowest BCUT2D eigenvalue weighted by atomic mass is 10.1. The van der Waals surface area contributed by atoms with Gasteiger partial charge in [0.1, 0.15) is 12.4 Å². The van der Waals surface area contributed by atoms with Crippen molar-refractivity contribution in [3.05, 3.63) is 132 Å². The Hall–Kier alpha value is -4.64. The number of methoxy groups -OCH3 is 1. The SMILES string of the molecule is COC(=O)CCc1ccc(OCc2ccc(Cn3nc(-c4ccccc4)cc3-c3ccccc3)cc2)cc1. The van der Waals surface area contributed by atoms with Gasteiger partial charge in [0, 0.05) is 12.0 Å². The highest BCUT2D eigenvalue weighted by atomic mass is 16.5. The number of benzene rings is 4. The van der Waals surface area contributed by atoms with Gasteiger partial charge in [0.05, 0.1) is 25.0 Å². The van der Waals surface area contributed by atoms with E-state index in [1.165, 1.54) is 12.7 Å². The molecule has 0 unspecified atom stereocenters. The van der Waals surface area contributed by atoms with Crippen LogP contribution in [0.15, 0.2) is 115 Å². The maximum atomic E-state index is 11.3. The maximum Gasteiger partial charge on any atom is 0.305 e. The zero-order valence-corrected chi connectivity index (χ0v) is 21.4. The van der Waals surface area contributed by atoms with Gasteiger partial charge >= 0.3 is 5.97 Å². The van der Waals surface area contributed by atoms with Crippen molar-refractivity contribution in [2.45, 2.75) is 26.0 Å². The lowest BCUT2D eigenvalue weighted by Crippen LogP contribution is -2.04. The van der Waals surface area contributed by atoms with Crippen molar-refractivity contribution >= 4 is 5.97 Å². The number of hydrogen-bond donors (Lipinski definition) is 0. The summed E-state index contributed by atoms with van der Waals surface area (Å²) in [5.41, 5.74) is 7.64. The molecule has 0 spiro atoms. The molecule has 5 nitrogen and oxygen atoms in total. The fraction of sp³-hybridized carbons (Fsp3) is 0.152. The molecule has 38 heavy (non-hydrogen) atoms. The molecule has 0 fully saturated rings. The van der Waals surface area contributed by atoms with Crippen LogP contribution in [0.5, 0.6) is 5.75 Å². The number of aryl methyl sites for hydroxylation is 1. The second-order valence-corrected chi connectivity index (χ2v) is 9.13. The van der Waals surface area contributed by atoms with Crippen molar-refractivity contribution in [3.8, 4) is 28.3 Å². The van der Waals surface area contributed by atoms with Crippen LogP contribution in [-0.2, 0) is 29.1 Å². The second kappa shape index (κ2) is 12.1. The number of ether oxygens (including phenoxy) is 2. The summed E-state index contributed by atoms with van der Waals surface area (Å²) < 4.78 is 12.7. The predicted molar refractivity (Wildman–Crippen MR) is 150 cm³/mol. The van der Waals surface area contributed by atoms with Crippen molar-refractivity contribution in [1.82, 2.24) is 9.78 Å². The van der Waals surface area contributed by atoms with Gasteiger partial charge in [-0.15, -0.1) is 0 Å². The topological polar surface area (TPSA) is 53.4 Å². The Labute approximate surface area is 223 Å². The van der Waals surface area contributed by atoms with Gasteiger partial charge < -0.3 is 9.47 Å². The van der Waals surface area contributed by atoms with Crippen LogP contribution in [0.1, 0.15) is 23.1 Å². The van der Waals surface area contributed by atoms with Crippen molar-refractivity contribution in [3.63, 3.8) is 0 Å². The molecule has 1 aromatic heterocycles. The highest BCUT2D eigenvalue weighted by molar-refractivity contribution is 5.69. The lowest BCUT2D eigenvalue weighted by Gasteiger charge is -2.10. The zero-order valence-electron chi connectivity index (χ0n) is 21.4. The quantitative estimate of drug-likeness (QED) is 0.194. The van der Waals surface area contributed by atoms with Crippen LogP contribution in [0.3, 0.4) is 0 Å². The van der Waals surface area contributed by atoms with Crippen LogP contribution in [0.25, 0.3) is 22.5 Å². The van der Waals surface area contributed by atoms with Gasteiger partial charge in [-0.25, -0.2) is 0 Å². The first-order chi connectivity index (χ1) is 18.7. The molecule has 1 heterocycles. The largest absolute Gasteiger partial charge is 0.489 e. The Kier molecular flexibility index (Phi) is 7.95. The molecule has 5 aromatic rings. The molecule has 4 aromatic carbocycles. The molecule has 5 rings (SSSR count). The lowest BCUT2D eigenvalue weighted by molar-refractivity contribution is -0.140. The number of aromatic nitrogens is 2. The van der Waals surface area contributed by atoms with Gasteiger partial charge in [0.15, 0.2) is 0 Å². The number of carbonyl (C=O) groups excluding carboxylic acids is 1. The van der Waals surface area contributed by atoms with Crippen molar-refractivity contribution in [2.75, 3.05) is 7.11 Å². The van der Waals surface area contributed by atoms with Gasteiger partial charge in [0.2, 0.25) is 0 Å². The van der Waals surface area contributed by atoms with Crippen LogP contribution < -0.4 is 4.74 Å². The molecule has 0 saturated carbocycles. The van der Waals surface area contributed by atoms with E-state index in [0.29, 0.717) is 26.0 Å². The third kappa shape index (κ3) is 6.37. The number of carbonyl (C=O) groups is 1. The van der Waals surface area contributed by atoms with Gasteiger partial charge in [-0.3, -0.25) is 9.48 Å². The number of esters is 1. The number of hydrogen-bond acceptors (Lipinski definition) is 4. The van der Waals surface area contributed by atoms with E-state index in [-0.39, 0.29) is 5.97 Å². The minimum absolute atomic E-state index is 0.200. The van der Waals surface area contributed by atoms with Crippen molar-refractivity contribution < 1.29 is 14.3 Å². The van der Waals surface area contributed by atoms with Crippen LogP contribution in [0.2, 0.25) is 0 Å². The van der Waals surface area contributed by atoms with Crippen LogP contribution in [-0.4, -0.2) is 22.9 Å². The molecule has 0 atom stereocenters. The Morgan fingerprint density at radius 3 is 2.00 bits per heavy atom. The normalized spacial score (nSPS) is 10.8. The first-order valence-corrected chi connectivity index (χ1v) is 12.7. The Bertz CT molecular complexity index is 1460. The average Bonchev–Trinajstić information content (AvgIpc) is 3.40. The van der Waals surface area contributed by atoms with Gasteiger partial charge in [0.25, 0.3) is 0 Å². The van der Waals surface area contributed by atoms with E-state index in [9.17, 15) is 4.79 Å². The van der Waals surface area contributed by atoms with E-state index in [4.69, 9.17) is 14.6 Å². The summed E-state index contributed by atoms with van der Waals surface area (Å²) in [6.45, 7) is 1.15. The summed E-state index contributed by atoms with van der Waals surface area (Å²) in [5.74, 6) is 0.600. The third-order valence-electron chi connectivity index (χ3n) is 6.45. The van der Waals surface area contributed by atoms with E-state index in [2.05, 4.69) is 71.4 Å². The minimum atomic E-state index is -0.200. The van der Waals surface area contributed by atoms with E-state index in [1.807, 2.05) is 48.5 Å². The average molecular weight is 503 g/mol. The first-order valence-electron chi connectivity index (χ1n) is 12.7. The Balaban J connectivity index is 1.24. The summed E-state index contributed by atoms with van der Waals surface area (Å²) in [6, 6.07) is 39.1. The van der Waals surface area contributed by atoms with Gasteiger partial charge in [-0.05, 0) is 46.9 Å². The summed E-state index contributed by atoms with van der Waals surface area (Å²) in [4.78, 5) is 11.3. The van der Waals surface area contributed by atoms with E-state index in [1.54, 1.807) is 0 Å². The standard InChI is InChI=1S/C33H30N2O3/c1-37-33(36)21-18-25-16-19-30(20-17-25)38-24-27-14-12-26(13-15-27)23-35-32(29-10-6-3-7-11-29)22-31(34-35)28-8-4-2-5-9-28/h2-17,19-20,22H,18,21,23-24H2,1H3. The zero-order chi connectivity index (χ0) is 26.2. The number of rotatable bonds is 10. The predicted octanol–water partition coefficient (Wildman–Crippen LogP) is 6.95.